The first kappa shape index (κ1) is 14.0. The average Bonchev–Trinajstić information content (AvgIpc) is 2.85. The molecule has 21 heavy (non-hydrogen) atoms. The third-order valence-electron chi connectivity index (χ3n) is 3.31. The number of aromatic amines is 1. The number of benzene rings is 2. The van der Waals surface area contributed by atoms with E-state index in [9.17, 15) is 4.79 Å². The fourth-order valence-corrected chi connectivity index (χ4v) is 2.40. The lowest BCUT2D eigenvalue weighted by Crippen LogP contribution is -2.13. The fourth-order valence-electron chi connectivity index (χ4n) is 2.09. The van der Waals surface area contributed by atoms with Gasteiger partial charge in [-0.15, -0.1) is 0 Å². The zero-order chi connectivity index (χ0) is 15.0. The normalized spacial score (nSPS) is 10.8. The van der Waals surface area contributed by atoms with Crippen molar-refractivity contribution in [3.8, 4) is 16.9 Å². The fraction of sp³-hybridized carbons (Fsp3) is 0.0625. The minimum atomic E-state index is -0.208. The van der Waals surface area contributed by atoms with Crippen molar-refractivity contribution in [1.82, 2.24) is 9.55 Å². The summed E-state index contributed by atoms with van der Waals surface area (Å²) in [5, 5.41) is 1.29. The predicted octanol–water partition coefficient (Wildman–Crippen LogP) is 4.45. The monoisotopic (exact) mass is 318 g/mol. The van der Waals surface area contributed by atoms with Crippen LogP contribution < -0.4 is 5.69 Å². The number of halogens is 2. The van der Waals surface area contributed by atoms with Crippen LogP contribution in [0.5, 0.6) is 0 Å². The van der Waals surface area contributed by atoms with Gasteiger partial charge in [0.2, 0.25) is 0 Å². The van der Waals surface area contributed by atoms with Gasteiger partial charge in [-0.2, -0.15) is 0 Å². The SMILES string of the molecule is Cc1ccc(-n2cc(-c3ccc(Cl)cc3)[nH]c2=O)cc1Cl. The maximum Gasteiger partial charge on any atom is 0.330 e. The Morgan fingerprint density at radius 1 is 1.05 bits per heavy atom. The van der Waals surface area contributed by atoms with Gasteiger partial charge in [-0.3, -0.25) is 4.57 Å². The molecule has 5 heteroatoms. The minimum absolute atomic E-state index is 0.208. The molecule has 0 saturated carbocycles. The van der Waals surface area contributed by atoms with Crippen LogP contribution in [0.15, 0.2) is 53.5 Å². The molecule has 3 rings (SSSR count). The van der Waals surface area contributed by atoms with Gasteiger partial charge < -0.3 is 4.98 Å². The first-order valence-corrected chi connectivity index (χ1v) is 7.14. The summed E-state index contributed by atoms with van der Waals surface area (Å²) < 4.78 is 1.54. The lowest BCUT2D eigenvalue weighted by atomic mass is 10.2. The molecule has 0 atom stereocenters. The molecule has 0 saturated heterocycles. The molecule has 0 amide bonds. The van der Waals surface area contributed by atoms with Crippen LogP contribution in [-0.2, 0) is 0 Å². The van der Waals surface area contributed by atoms with E-state index < -0.39 is 0 Å². The number of hydrogen-bond acceptors (Lipinski definition) is 1. The Balaban J connectivity index is 2.07. The molecule has 0 bridgehead atoms. The molecule has 0 radical (unpaired) electrons. The van der Waals surface area contributed by atoms with Crippen molar-refractivity contribution in [2.45, 2.75) is 6.92 Å². The Morgan fingerprint density at radius 3 is 2.43 bits per heavy atom. The smallest absolute Gasteiger partial charge is 0.305 e. The second-order valence-electron chi connectivity index (χ2n) is 4.78. The maximum atomic E-state index is 12.1. The second kappa shape index (κ2) is 5.43. The molecule has 2 aromatic carbocycles. The summed E-state index contributed by atoms with van der Waals surface area (Å²) in [7, 11) is 0. The Labute approximate surface area is 131 Å². The van der Waals surface area contributed by atoms with Crippen molar-refractivity contribution in [1.29, 1.82) is 0 Å². The van der Waals surface area contributed by atoms with Crippen molar-refractivity contribution < 1.29 is 0 Å². The quantitative estimate of drug-likeness (QED) is 0.744. The largest absolute Gasteiger partial charge is 0.330 e. The van der Waals surface area contributed by atoms with E-state index in [1.54, 1.807) is 24.4 Å². The standard InChI is InChI=1S/C16H12Cl2N2O/c1-10-2-7-13(8-14(10)18)20-9-15(19-16(20)21)11-3-5-12(17)6-4-11/h2-9H,1H3,(H,19,21). The Kier molecular flexibility index (Phi) is 3.62. The molecule has 0 aliphatic rings. The van der Waals surface area contributed by atoms with Crippen molar-refractivity contribution in [2.24, 2.45) is 0 Å². The van der Waals surface area contributed by atoms with Gasteiger partial charge in [0.25, 0.3) is 0 Å². The van der Waals surface area contributed by atoms with Crippen LogP contribution in [0.25, 0.3) is 16.9 Å². The van der Waals surface area contributed by atoms with Gasteiger partial charge in [0.1, 0.15) is 0 Å². The van der Waals surface area contributed by atoms with Crippen LogP contribution in [-0.4, -0.2) is 9.55 Å². The highest BCUT2D eigenvalue weighted by Crippen LogP contribution is 2.22. The van der Waals surface area contributed by atoms with E-state index in [0.29, 0.717) is 10.0 Å². The van der Waals surface area contributed by atoms with Gasteiger partial charge in [-0.25, -0.2) is 4.79 Å². The first-order valence-electron chi connectivity index (χ1n) is 6.39. The molecule has 1 N–H and O–H groups in total. The molecular formula is C16H12Cl2N2O. The van der Waals surface area contributed by atoms with Gasteiger partial charge in [-0.05, 0) is 42.3 Å². The molecule has 0 fully saturated rings. The van der Waals surface area contributed by atoms with Crippen LogP contribution in [0.2, 0.25) is 10.0 Å². The summed E-state index contributed by atoms with van der Waals surface area (Å²) in [4.78, 5) is 14.9. The Bertz CT molecular complexity index is 847. The van der Waals surface area contributed by atoms with Gasteiger partial charge in [0.15, 0.2) is 0 Å². The van der Waals surface area contributed by atoms with E-state index in [0.717, 1.165) is 22.5 Å². The zero-order valence-electron chi connectivity index (χ0n) is 11.2. The van der Waals surface area contributed by atoms with Crippen molar-refractivity contribution >= 4 is 23.2 Å². The van der Waals surface area contributed by atoms with E-state index in [4.69, 9.17) is 23.2 Å². The molecule has 106 valence electrons. The van der Waals surface area contributed by atoms with Crippen LogP contribution in [0.1, 0.15) is 5.56 Å². The lowest BCUT2D eigenvalue weighted by Gasteiger charge is -2.03. The van der Waals surface area contributed by atoms with E-state index in [-0.39, 0.29) is 5.69 Å². The number of H-pyrrole nitrogens is 1. The van der Waals surface area contributed by atoms with Crippen molar-refractivity contribution in [2.75, 3.05) is 0 Å². The van der Waals surface area contributed by atoms with E-state index in [1.165, 1.54) is 4.57 Å². The second-order valence-corrected chi connectivity index (χ2v) is 5.63. The summed E-state index contributed by atoms with van der Waals surface area (Å²) in [5.41, 5.74) is 3.12. The van der Waals surface area contributed by atoms with Gasteiger partial charge in [-0.1, -0.05) is 41.4 Å². The third kappa shape index (κ3) is 2.75. The van der Waals surface area contributed by atoms with E-state index in [2.05, 4.69) is 4.98 Å². The lowest BCUT2D eigenvalue weighted by molar-refractivity contribution is 0.986. The number of nitrogens with zero attached hydrogens (tertiary/aromatic N) is 1. The predicted molar refractivity (Wildman–Crippen MR) is 86.6 cm³/mol. The topological polar surface area (TPSA) is 37.8 Å². The number of imidazole rings is 1. The van der Waals surface area contributed by atoms with Gasteiger partial charge in [0, 0.05) is 16.2 Å². The zero-order valence-corrected chi connectivity index (χ0v) is 12.7. The van der Waals surface area contributed by atoms with Crippen LogP contribution >= 0.6 is 23.2 Å². The summed E-state index contributed by atoms with van der Waals surface area (Å²) in [6.07, 6.45) is 1.76. The molecule has 3 nitrogen and oxygen atoms in total. The summed E-state index contributed by atoms with van der Waals surface area (Å²) in [6.45, 7) is 1.92. The molecule has 1 heterocycles. The molecule has 0 spiro atoms. The minimum Gasteiger partial charge on any atom is -0.305 e. The third-order valence-corrected chi connectivity index (χ3v) is 3.97. The maximum absolute atomic E-state index is 12.1. The Morgan fingerprint density at radius 2 is 1.76 bits per heavy atom. The number of nitrogens with one attached hydrogen (secondary N) is 1. The van der Waals surface area contributed by atoms with Crippen molar-refractivity contribution in [3.05, 3.63) is 74.8 Å². The summed E-state index contributed by atoms with van der Waals surface area (Å²) >= 11 is 12.0. The highest BCUT2D eigenvalue weighted by Gasteiger charge is 2.08. The van der Waals surface area contributed by atoms with Crippen LogP contribution in [0, 0.1) is 6.92 Å². The van der Waals surface area contributed by atoms with E-state index >= 15 is 0 Å². The molecule has 0 aliphatic heterocycles. The first-order chi connectivity index (χ1) is 10.0. The number of aromatic nitrogens is 2. The molecule has 1 aromatic heterocycles. The Hall–Kier alpha value is -1.97. The van der Waals surface area contributed by atoms with Crippen LogP contribution in [0.3, 0.4) is 0 Å². The summed E-state index contributed by atoms with van der Waals surface area (Å²) in [5.74, 6) is 0. The number of aryl methyl sites for hydroxylation is 1. The highest BCUT2D eigenvalue weighted by molar-refractivity contribution is 6.31. The van der Waals surface area contributed by atoms with Gasteiger partial charge in [0.05, 0.1) is 11.4 Å². The number of rotatable bonds is 2. The number of hydrogen-bond donors (Lipinski definition) is 1. The van der Waals surface area contributed by atoms with Crippen LogP contribution in [0.4, 0.5) is 0 Å². The van der Waals surface area contributed by atoms with Crippen molar-refractivity contribution in [3.63, 3.8) is 0 Å². The highest BCUT2D eigenvalue weighted by atomic mass is 35.5. The van der Waals surface area contributed by atoms with E-state index in [1.807, 2.05) is 31.2 Å². The summed E-state index contributed by atoms with van der Waals surface area (Å²) in [6, 6.07) is 12.8. The van der Waals surface area contributed by atoms with Gasteiger partial charge >= 0.3 is 5.69 Å². The average molecular weight is 319 g/mol. The molecule has 0 unspecified atom stereocenters. The molecule has 0 aliphatic carbocycles. The molecular weight excluding hydrogens is 307 g/mol. The molecule has 3 aromatic rings.